The Morgan fingerprint density at radius 2 is 2.31 bits per heavy atom. The van der Waals surface area contributed by atoms with Gasteiger partial charge in [-0.25, -0.2) is 0 Å². The lowest BCUT2D eigenvalue weighted by Gasteiger charge is -2.09. The van der Waals surface area contributed by atoms with Crippen LogP contribution in [0.25, 0.3) is 0 Å². The SMILES string of the molecule is COc1ccc(Cl)cc1C(O)C=O. The predicted molar refractivity (Wildman–Crippen MR) is 49.0 cm³/mol. The van der Waals surface area contributed by atoms with Crippen molar-refractivity contribution < 1.29 is 14.6 Å². The lowest BCUT2D eigenvalue weighted by Crippen LogP contribution is -2.01. The Kier molecular flexibility index (Phi) is 3.28. The Morgan fingerprint density at radius 3 is 2.85 bits per heavy atom. The van der Waals surface area contributed by atoms with Crippen molar-refractivity contribution in [1.29, 1.82) is 0 Å². The van der Waals surface area contributed by atoms with Crippen molar-refractivity contribution in [2.24, 2.45) is 0 Å². The third kappa shape index (κ3) is 2.20. The van der Waals surface area contributed by atoms with E-state index in [0.29, 0.717) is 22.6 Å². The molecule has 70 valence electrons. The number of carbonyl (C=O) groups excluding carboxylic acids is 1. The van der Waals surface area contributed by atoms with Gasteiger partial charge in [-0.3, -0.25) is 0 Å². The summed E-state index contributed by atoms with van der Waals surface area (Å²) in [6.45, 7) is 0. The van der Waals surface area contributed by atoms with Gasteiger partial charge in [-0.2, -0.15) is 0 Å². The standard InChI is InChI=1S/C9H9ClO3/c1-13-9-3-2-6(10)4-7(9)8(12)5-11/h2-5,8,12H,1H3. The molecule has 13 heavy (non-hydrogen) atoms. The highest BCUT2D eigenvalue weighted by Crippen LogP contribution is 2.27. The summed E-state index contributed by atoms with van der Waals surface area (Å²) in [4.78, 5) is 10.3. The average molecular weight is 201 g/mol. The van der Waals surface area contributed by atoms with Crippen LogP contribution in [0.1, 0.15) is 11.7 Å². The first-order valence-electron chi connectivity index (χ1n) is 3.66. The van der Waals surface area contributed by atoms with Crippen LogP contribution in [0.5, 0.6) is 5.75 Å². The summed E-state index contributed by atoms with van der Waals surface area (Å²) < 4.78 is 4.95. The van der Waals surface area contributed by atoms with E-state index in [2.05, 4.69) is 0 Å². The summed E-state index contributed by atoms with van der Waals surface area (Å²) in [6, 6.07) is 4.73. The van der Waals surface area contributed by atoms with E-state index in [1.165, 1.54) is 13.2 Å². The van der Waals surface area contributed by atoms with Gasteiger partial charge >= 0.3 is 0 Å². The van der Waals surface area contributed by atoms with Gasteiger partial charge in [-0.15, -0.1) is 0 Å². The van der Waals surface area contributed by atoms with E-state index in [9.17, 15) is 9.90 Å². The number of hydrogen-bond acceptors (Lipinski definition) is 3. The van der Waals surface area contributed by atoms with Crippen LogP contribution in [0.3, 0.4) is 0 Å². The summed E-state index contributed by atoms with van der Waals surface area (Å²) in [6.07, 6.45) is -0.762. The molecule has 0 radical (unpaired) electrons. The van der Waals surface area contributed by atoms with Gasteiger partial charge in [-0.1, -0.05) is 11.6 Å². The molecular formula is C9H9ClO3. The van der Waals surface area contributed by atoms with Crippen LogP contribution in [-0.4, -0.2) is 18.5 Å². The van der Waals surface area contributed by atoms with Crippen LogP contribution in [0.2, 0.25) is 5.02 Å². The van der Waals surface area contributed by atoms with Crippen molar-refractivity contribution in [3.8, 4) is 5.75 Å². The molecule has 0 aliphatic rings. The molecule has 0 amide bonds. The zero-order valence-corrected chi connectivity index (χ0v) is 7.78. The van der Waals surface area contributed by atoms with Gasteiger partial charge in [0, 0.05) is 10.6 Å². The Morgan fingerprint density at radius 1 is 1.62 bits per heavy atom. The fourth-order valence-corrected chi connectivity index (χ4v) is 1.19. The highest BCUT2D eigenvalue weighted by molar-refractivity contribution is 6.30. The number of ether oxygens (including phenoxy) is 1. The maximum absolute atomic E-state index is 10.3. The number of methoxy groups -OCH3 is 1. The van der Waals surface area contributed by atoms with E-state index in [0.717, 1.165) is 0 Å². The number of benzene rings is 1. The number of halogens is 1. The first kappa shape index (κ1) is 10.0. The Labute approximate surface area is 80.9 Å². The average Bonchev–Trinajstić information content (AvgIpc) is 2.16. The van der Waals surface area contributed by atoms with Gasteiger partial charge in [0.15, 0.2) is 6.29 Å². The molecule has 1 atom stereocenters. The molecule has 0 bridgehead atoms. The topological polar surface area (TPSA) is 46.5 Å². The van der Waals surface area contributed by atoms with Crippen LogP contribution in [0.4, 0.5) is 0 Å². The molecule has 0 saturated carbocycles. The second kappa shape index (κ2) is 4.25. The maximum atomic E-state index is 10.3. The molecule has 1 rings (SSSR count). The van der Waals surface area contributed by atoms with Crippen molar-refractivity contribution in [2.75, 3.05) is 7.11 Å². The van der Waals surface area contributed by atoms with Crippen LogP contribution in [0, 0.1) is 0 Å². The van der Waals surface area contributed by atoms with Gasteiger partial charge in [0.05, 0.1) is 7.11 Å². The third-order valence-corrected chi connectivity index (χ3v) is 1.87. The molecule has 0 aromatic heterocycles. The summed E-state index contributed by atoms with van der Waals surface area (Å²) >= 11 is 5.69. The minimum atomic E-state index is -1.19. The number of rotatable bonds is 3. The highest BCUT2D eigenvalue weighted by atomic mass is 35.5. The number of aliphatic hydroxyl groups is 1. The molecular weight excluding hydrogens is 192 g/mol. The second-order valence-corrected chi connectivity index (χ2v) is 2.90. The monoisotopic (exact) mass is 200 g/mol. The zero-order chi connectivity index (χ0) is 9.84. The largest absolute Gasteiger partial charge is 0.496 e. The predicted octanol–water partition coefficient (Wildman–Crippen LogP) is 1.58. The van der Waals surface area contributed by atoms with Gasteiger partial charge < -0.3 is 14.6 Å². The van der Waals surface area contributed by atoms with Crippen molar-refractivity contribution in [2.45, 2.75) is 6.10 Å². The van der Waals surface area contributed by atoms with E-state index in [1.807, 2.05) is 0 Å². The summed E-state index contributed by atoms with van der Waals surface area (Å²) in [5.74, 6) is 0.448. The summed E-state index contributed by atoms with van der Waals surface area (Å²) in [7, 11) is 1.46. The van der Waals surface area contributed by atoms with E-state index in [4.69, 9.17) is 16.3 Å². The quantitative estimate of drug-likeness (QED) is 0.754. The molecule has 0 aliphatic carbocycles. The van der Waals surface area contributed by atoms with Crippen molar-refractivity contribution in [1.82, 2.24) is 0 Å². The van der Waals surface area contributed by atoms with Crippen molar-refractivity contribution in [3.63, 3.8) is 0 Å². The Hall–Kier alpha value is -1.06. The van der Waals surface area contributed by atoms with E-state index >= 15 is 0 Å². The molecule has 0 heterocycles. The van der Waals surface area contributed by atoms with Crippen molar-refractivity contribution >= 4 is 17.9 Å². The van der Waals surface area contributed by atoms with Crippen LogP contribution < -0.4 is 4.74 Å². The maximum Gasteiger partial charge on any atom is 0.153 e. The lowest BCUT2D eigenvalue weighted by molar-refractivity contribution is -0.115. The number of carbonyl (C=O) groups is 1. The normalized spacial score (nSPS) is 12.2. The van der Waals surface area contributed by atoms with Gasteiger partial charge in [0.2, 0.25) is 0 Å². The number of hydrogen-bond donors (Lipinski definition) is 1. The van der Waals surface area contributed by atoms with E-state index in [1.54, 1.807) is 12.1 Å². The fraction of sp³-hybridized carbons (Fsp3) is 0.222. The molecule has 3 nitrogen and oxygen atoms in total. The minimum Gasteiger partial charge on any atom is -0.496 e. The number of aldehydes is 1. The van der Waals surface area contributed by atoms with E-state index < -0.39 is 6.10 Å². The molecule has 1 unspecified atom stereocenters. The lowest BCUT2D eigenvalue weighted by atomic mass is 10.1. The van der Waals surface area contributed by atoms with Gasteiger partial charge in [-0.05, 0) is 18.2 Å². The first-order valence-corrected chi connectivity index (χ1v) is 4.03. The minimum absolute atomic E-state index is 0.380. The molecule has 0 spiro atoms. The smallest absolute Gasteiger partial charge is 0.153 e. The third-order valence-electron chi connectivity index (χ3n) is 1.64. The molecule has 1 N–H and O–H groups in total. The van der Waals surface area contributed by atoms with Crippen LogP contribution in [-0.2, 0) is 4.79 Å². The van der Waals surface area contributed by atoms with Crippen LogP contribution >= 0.6 is 11.6 Å². The van der Waals surface area contributed by atoms with Gasteiger partial charge in [0.1, 0.15) is 11.9 Å². The molecule has 1 aromatic carbocycles. The van der Waals surface area contributed by atoms with E-state index in [-0.39, 0.29) is 0 Å². The molecule has 0 aliphatic heterocycles. The highest BCUT2D eigenvalue weighted by Gasteiger charge is 2.12. The first-order chi connectivity index (χ1) is 6.19. The van der Waals surface area contributed by atoms with Crippen molar-refractivity contribution in [3.05, 3.63) is 28.8 Å². The Balaban J connectivity index is 3.14. The molecule has 0 saturated heterocycles. The van der Waals surface area contributed by atoms with Gasteiger partial charge in [0.25, 0.3) is 0 Å². The Bertz CT molecular complexity index is 312. The molecule has 1 aromatic rings. The van der Waals surface area contributed by atoms with Crippen LogP contribution in [0.15, 0.2) is 18.2 Å². The molecule has 4 heteroatoms. The molecule has 0 fully saturated rings. The summed E-state index contributed by atoms with van der Waals surface area (Å²) in [5.41, 5.74) is 0.380. The summed E-state index contributed by atoms with van der Waals surface area (Å²) in [5, 5.41) is 9.71. The second-order valence-electron chi connectivity index (χ2n) is 2.47. The fourth-order valence-electron chi connectivity index (χ4n) is 1.01. The zero-order valence-electron chi connectivity index (χ0n) is 7.03. The number of aliphatic hydroxyl groups excluding tert-OH is 1.